The van der Waals surface area contributed by atoms with E-state index in [1.165, 1.54) is 6.07 Å². The summed E-state index contributed by atoms with van der Waals surface area (Å²) < 4.78 is 25.1. The Hall–Kier alpha value is -2.28. The highest BCUT2D eigenvalue weighted by Crippen LogP contribution is 2.29. The first-order valence-electron chi connectivity index (χ1n) is 7.21. The van der Waals surface area contributed by atoms with E-state index >= 15 is 0 Å². The Balaban J connectivity index is 2.06. The number of anilines is 1. The number of aliphatic imine (C=N–C) groups is 1. The van der Waals surface area contributed by atoms with Crippen molar-refractivity contribution < 1.29 is 13.9 Å². The number of hydrogen-bond donors (Lipinski definition) is 2. The van der Waals surface area contributed by atoms with Crippen LogP contribution in [0, 0.1) is 5.82 Å². The minimum Gasteiger partial charge on any atom is -0.493 e. The number of nitrogens with zero attached hydrogens (tertiary/aromatic N) is 1. The Morgan fingerprint density at radius 2 is 1.88 bits per heavy atom. The molecule has 0 aliphatic carbocycles. The number of hydrogen-bond acceptors (Lipinski definition) is 3. The largest absolute Gasteiger partial charge is 0.493 e. The molecule has 0 radical (unpaired) electrons. The zero-order valence-electron chi connectivity index (χ0n) is 13.7. The fraction of sp³-hybridized carbons (Fsp3) is 0.235. The molecule has 0 amide bonds. The van der Waals surface area contributed by atoms with Crippen molar-refractivity contribution in [1.82, 2.24) is 5.32 Å². The molecule has 5 nitrogen and oxygen atoms in total. The second-order valence-electron chi connectivity index (χ2n) is 4.86. The maximum Gasteiger partial charge on any atom is 0.195 e. The normalized spacial score (nSPS) is 11.1. The second kappa shape index (κ2) is 8.54. The van der Waals surface area contributed by atoms with Crippen LogP contribution in [0.2, 0.25) is 0 Å². The van der Waals surface area contributed by atoms with Crippen LogP contribution in [0.1, 0.15) is 5.56 Å². The third-order valence-electron chi connectivity index (χ3n) is 3.32. The maximum atomic E-state index is 13.8. The van der Waals surface area contributed by atoms with Crippen LogP contribution < -0.4 is 20.1 Å². The molecule has 2 aromatic rings. The molecule has 24 heavy (non-hydrogen) atoms. The van der Waals surface area contributed by atoms with Crippen molar-refractivity contribution >= 4 is 27.6 Å². The average molecular weight is 396 g/mol. The molecule has 2 aromatic carbocycles. The van der Waals surface area contributed by atoms with Gasteiger partial charge in [-0.05, 0) is 30.3 Å². The zero-order chi connectivity index (χ0) is 17.5. The highest BCUT2D eigenvalue weighted by molar-refractivity contribution is 9.10. The van der Waals surface area contributed by atoms with Gasteiger partial charge in [0.1, 0.15) is 5.82 Å². The van der Waals surface area contributed by atoms with Gasteiger partial charge in [0.2, 0.25) is 0 Å². The van der Waals surface area contributed by atoms with E-state index in [1.54, 1.807) is 45.5 Å². The van der Waals surface area contributed by atoms with E-state index in [1.807, 2.05) is 6.07 Å². The zero-order valence-corrected chi connectivity index (χ0v) is 15.3. The summed E-state index contributed by atoms with van der Waals surface area (Å²) in [5, 5.41) is 6.20. The van der Waals surface area contributed by atoms with E-state index in [0.717, 1.165) is 10.2 Å². The lowest BCUT2D eigenvalue weighted by atomic mass is 10.2. The molecule has 2 rings (SSSR count). The number of nitrogens with one attached hydrogen (secondary N) is 2. The molecule has 0 aliphatic heterocycles. The summed E-state index contributed by atoms with van der Waals surface area (Å²) in [4.78, 5) is 4.14. The third kappa shape index (κ3) is 4.61. The van der Waals surface area contributed by atoms with Gasteiger partial charge in [0, 0.05) is 35.4 Å². The first-order chi connectivity index (χ1) is 11.6. The van der Waals surface area contributed by atoms with Gasteiger partial charge >= 0.3 is 0 Å². The van der Waals surface area contributed by atoms with Gasteiger partial charge in [-0.2, -0.15) is 0 Å². The quantitative estimate of drug-likeness (QED) is 0.597. The fourth-order valence-electron chi connectivity index (χ4n) is 2.09. The van der Waals surface area contributed by atoms with Crippen LogP contribution in [0.25, 0.3) is 0 Å². The van der Waals surface area contributed by atoms with Crippen molar-refractivity contribution in [3.63, 3.8) is 0 Å². The summed E-state index contributed by atoms with van der Waals surface area (Å²) in [6.45, 7) is 0.304. The monoisotopic (exact) mass is 395 g/mol. The lowest BCUT2D eigenvalue weighted by molar-refractivity contribution is 0.355. The van der Waals surface area contributed by atoms with Gasteiger partial charge in [0.05, 0.1) is 14.2 Å². The Morgan fingerprint density at radius 3 is 2.54 bits per heavy atom. The molecule has 2 N–H and O–H groups in total. The Labute approximate surface area is 149 Å². The van der Waals surface area contributed by atoms with E-state index in [9.17, 15) is 4.39 Å². The minimum absolute atomic E-state index is 0.271. The molecule has 0 saturated carbocycles. The predicted molar refractivity (Wildman–Crippen MR) is 97.5 cm³/mol. The summed E-state index contributed by atoms with van der Waals surface area (Å²) in [7, 11) is 4.80. The van der Waals surface area contributed by atoms with Crippen LogP contribution in [0.15, 0.2) is 45.9 Å². The highest BCUT2D eigenvalue weighted by Gasteiger charge is 2.08. The Kier molecular flexibility index (Phi) is 6.43. The predicted octanol–water partition coefficient (Wildman–Crippen LogP) is 3.79. The minimum atomic E-state index is -0.271. The highest BCUT2D eigenvalue weighted by atomic mass is 79.9. The van der Waals surface area contributed by atoms with Gasteiger partial charge in [-0.15, -0.1) is 0 Å². The SMILES string of the molecule is CN=C(NCc1cc(Br)ccc1F)Nc1ccc(OC)c(OC)c1. The summed E-state index contributed by atoms with van der Waals surface area (Å²) in [5.41, 5.74) is 1.31. The number of ether oxygens (including phenoxy) is 2. The molecular formula is C17H19BrFN3O2. The van der Waals surface area contributed by atoms with Crippen LogP contribution in [0.3, 0.4) is 0 Å². The van der Waals surface area contributed by atoms with Crippen molar-refractivity contribution in [2.24, 2.45) is 4.99 Å². The molecule has 7 heteroatoms. The summed E-state index contributed by atoms with van der Waals surface area (Å²) in [6, 6.07) is 10.2. The third-order valence-corrected chi connectivity index (χ3v) is 3.82. The van der Waals surface area contributed by atoms with E-state index in [4.69, 9.17) is 9.47 Å². The molecule has 0 aliphatic rings. The summed E-state index contributed by atoms with van der Waals surface area (Å²) >= 11 is 3.34. The van der Waals surface area contributed by atoms with Crippen LogP contribution in [0.4, 0.5) is 10.1 Å². The first-order valence-corrected chi connectivity index (χ1v) is 8.00. The standard InChI is InChI=1S/C17H19BrFN3O2/c1-20-17(21-10-11-8-12(18)4-6-14(11)19)22-13-5-7-15(23-2)16(9-13)24-3/h4-9H,10H2,1-3H3,(H2,20,21,22). The van der Waals surface area contributed by atoms with Gasteiger partial charge in [-0.3, -0.25) is 4.99 Å². The lowest BCUT2D eigenvalue weighted by Crippen LogP contribution is -2.30. The van der Waals surface area contributed by atoms with Crippen LogP contribution >= 0.6 is 15.9 Å². The Bertz CT molecular complexity index is 738. The molecule has 0 spiro atoms. The Morgan fingerprint density at radius 1 is 1.12 bits per heavy atom. The van der Waals surface area contributed by atoms with Gasteiger partial charge < -0.3 is 20.1 Å². The molecule has 0 atom stereocenters. The average Bonchev–Trinajstić information content (AvgIpc) is 2.60. The molecule has 128 valence electrons. The van der Waals surface area contributed by atoms with Crippen molar-refractivity contribution in [2.45, 2.75) is 6.54 Å². The van der Waals surface area contributed by atoms with Crippen LogP contribution in [-0.4, -0.2) is 27.2 Å². The van der Waals surface area contributed by atoms with E-state index < -0.39 is 0 Å². The van der Waals surface area contributed by atoms with Gasteiger partial charge in [-0.1, -0.05) is 15.9 Å². The van der Waals surface area contributed by atoms with Crippen LogP contribution in [0.5, 0.6) is 11.5 Å². The van der Waals surface area contributed by atoms with Crippen molar-refractivity contribution in [1.29, 1.82) is 0 Å². The van der Waals surface area contributed by atoms with E-state index in [-0.39, 0.29) is 5.82 Å². The molecule has 0 bridgehead atoms. The maximum absolute atomic E-state index is 13.8. The summed E-state index contributed by atoms with van der Waals surface area (Å²) in [6.07, 6.45) is 0. The number of guanidine groups is 1. The fourth-order valence-corrected chi connectivity index (χ4v) is 2.50. The second-order valence-corrected chi connectivity index (χ2v) is 5.77. The number of methoxy groups -OCH3 is 2. The number of benzene rings is 2. The topological polar surface area (TPSA) is 54.9 Å². The molecule has 0 saturated heterocycles. The lowest BCUT2D eigenvalue weighted by Gasteiger charge is -2.14. The van der Waals surface area contributed by atoms with E-state index in [0.29, 0.717) is 29.6 Å². The molecule has 0 aromatic heterocycles. The van der Waals surface area contributed by atoms with Gasteiger partial charge in [0.15, 0.2) is 17.5 Å². The van der Waals surface area contributed by atoms with E-state index in [2.05, 4.69) is 31.6 Å². The number of halogens is 2. The first kappa shape index (κ1) is 18.1. The molecule has 0 unspecified atom stereocenters. The molecule has 0 fully saturated rings. The van der Waals surface area contributed by atoms with Crippen molar-refractivity contribution in [2.75, 3.05) is 26.6 Å². The van der Waals surface area contributed by atoms with Crippen molar-refractivity contribution in [3.05, 3.63) is 52.3 Å². The van der Waals surface area contributed by atoms with Gasteiger partial charge in [0.25, 0.3) is 0 Å². The van der Waals surface area contributed by atoms with Crippen molar-refractivity contribution in [3.8, 4) is 11.5 Å². The summed E-state index contributed by atoms with van der Waals surface area (Å²) in [5.74, 6) is 1.49. The van der Waals surface area contributed by atoms with Gasteiger partial charge in [-0.25, -0.2) is 4.39 Å². The number of rotatable bonds is 5. The smallest absolute Gasteiger partial charge is 0.195 e. The molecular weight excluding hydrogens is 377 g/mol. The molecule has 0 heterocycles. The van der Waals surface area contributed by atoms with Crippen LogP contribution in [-0.2, 0) is 6.54 Å².